The highest BCUT2D eigenvalue weighted by Crippen LogP contribution is 2.18. The van der Waals surface area contributed by atoms with Crippen LogP contribution in [0.15, 0.2) is 16.7 Å². The molecular formula is C9H13ClN2O. The normalized spacial score (nSPS) is 16.2. The number of hydrogen-bond acceptors (Lipinski definition) is 3. The number of rotatable bonds is 1. The minimum atomic E-state index is 0. The van der Waals surface area contributed by atoms with Crippen LogP contribution in [0.3, 0.4) is 0 Å². The largest absolute Gasteiger partial charge is 0.442 e. The van der Waals surface area contributed by atoms with Gasteiger partial charge in [0, 0.05) is 12.1 Å². The number of nitrogens with zero attached hydrogens (tertiary/aromatic N) is 1. The maximum atomic E-state index is 5.42. The van der Waals surface area contributed by atoms with Crippen molar-refractivity contribution in [1.29, 1.82) is 0 Å². The number of oxazole rings is 1. The van der Waals surface area contributed by atoms with Crippen molar-refractivity contribution in [1.82, 2.24) is 10.3 Å². The van der Waals surface area contributed by atoms with Crippen molar-refractivity contribution >= 4 is 18.0 Å². The lowest BCUT2D eigenvalue weighted by Crippen LogP contribution is -2.20. The zero-order valence-corrected chi connectivity index (χ0v) is 8.36. The molecule has 0 spiro atoms. The number of aromatic nitrogens is 1. The maximum Gasteiger partial charge on any atom is 0.221 e. The molecule has 0 saturated carbocycles. The zero-order chi connectivity index (χ0) is 8.39. The van der Waals surface area contributed by atoms with Gasteiger partial charge in [0.1, 0.15) is 5.76 Å². The molecule has 1 aliphatic heterocycles. The third kappa shape index (κ3) is 2.32. The van der Waals surface area contributed by atoms with Gasteiger partial charge in [0.15, 0.2) is 0 Å². The second kappa shape index (κ2) is 4.44. The van der Waals surface area contributed by atoms with Crippen molar-refractivity contribution in [3.05, 3.63) is 23.9 Å². The first-order chi connectivity index (χ1) is 5.86. The van der Waals surface area contributed by atoms with Crippen molar-refractivity contribution in [2.75, 3.05) is 13.1 Å². The molecule has 0 saturated heterocycles. The van der Waals surface area contributed by atoms with Gasteiger partial charge in [-0.25, -0.2) is 4.98 Å². The van der Waals surface area contributed by atoms with Crippen LogP contribution in [-0.2, 0) is 0 Å². The van der Waals surface area contributed by atoms with E-state index in [0.29, 0.717) is 0 Å². The smallest absolute Gasteiger partial charge is 0.221 e. The molecule has 0 aromatic carbocycles. The number of aryl methyl sites for hydroxylation is 1. The van der Waals surface area contributed by atoms with Crippen molar-refractivity contribution in [2.45, 2.75) is 13.3 Å². The van der Waals surface area contributed by atoms with Gasteiger partial charge in [0.05, 0.1) is 6.20 Å². The molecule has 3 nitrogen and oxygen atoms in total. The van der Waals surface area contributed by atoms with E-state index < -0.39 is 0 Å². The van der Waals surface area contributed by atoms with Gasteiger partial charge in [0.2, 0.25) is 5.89 Å². The van der Waals surface area contributed by atoms with Gasteiger partial charge >= 0.3 is 0 Å². The van der Waals surface area contributed by atoms with E-state index in [2.05, 4.69) is 16.4 Å². The molecule has 13 heavy (non-hydrogen) atoms. The van der Waals surface area contributed by atoms with Crippen LogP contribution >= 0.6 is 12.4 Å². The van der Waals surface area contributed by atoms with E-state index in [4.69, 9.17) is 4.42 Å². The number of nitrogens with one attached hydrogen (secondary N) is 1. The lowest BCUT2D eigenvalue weighted by Gasteiger charge is -2.10. The molecule has 1 aliphatic rings. The average Bonchev–Trinajstić information content (AvgIpc) is 2.54. The quantitative estimate of drug-likeness (QED) is 0.751. The summed E-state index contributed by atoms with van der Waals surface area (Å²) in [5.41, 5.74) is 1.22. The summed E-state index contributed by atoms with van der Waals surface area (Å²) in [5.74, 6) is 1.67. The molecule has 0 atom stereocenters. The Balaban J connectivity index is 0.000000845. The van der Waals surface area contributed by atoms with E-state index in [1.165, 1.54) is 5.57 Å². The first-order valence-electron chi connectivity index (χ1n) is 4.19. The van der Waals surface area contributed by atoms with Gasteiger partial charge in [-0.1, -0.05) is 6.08 Å². The first kappa shape index (κ1) is 10.3. The highest BCUT2D eigenvalue weighted by Gasteiger charge is 2.09. The van der Waals surface area contributed by atoms with Crippen LogP contribution in [0.2, 0.25) is 0 Å². The molecule has 0 bridgehead atoms. The molecule has 0 radical (unpaired) electrons. The Bertz CT molecular complexity index is 306. The maximum absolute atomic E-state index is 5.42. The summed E-state index contributed by atoms with van der Waals surface area (Å²) in [7, 11) is 0. The third-order valence-electron chi connectivity index (χ3n) is 1.96. The van der Waals surface area contributed by atoms with Crippen LogP contribution in [0, 0.1) is 6.92 Å². The molecule has 0 aliphatic carbocycles. The molecule has 2 rings (SSSR count). The summed E-state index contributed by atoms with van der Waals surface area (Å²) < 4.78 is 5.42. The van der Waals surface area contributed by atoms with E-state index in [9.17, 15) is 0 Å². The molecular weight excluding hydrogens is 188 g/mol. The van der Waals surface area contributed by atoms with E-state index in [0.717, 1.165) is 31.2 Å². The van der Waals surface area contributed by atoms with Crippen LogP contribution in [-0.4, -0.2) is 18.1 Å². The number of halogens is 1. The van der Waals surface area contributed by atoms with Crippen LogP contribution < -0.4 is 5.32 Å². The van der Waals surface area contributed by atoms with Crippen LogP contribution in [0.1, 0.15) is 18.1 Å². The molecule has 2 heterocycles. The van der Waals surface area contributed by atoms with Crippen molar-refractivity contribution in [2.24, 2.45) is 0 Å². The highest BCUT2D eigenvalue weighted by molar-refractivity contribution is 5.85. The van der Waals surface area contributed by atoms with Gasteiger partial charge in [0.25, 0.3) is 0 Å². The lowest BCUT2D eigenvalue weighted by atomic mass is 10.1. The fraction of sp³-hybridized carbons (Fsp3) is 0.444. The molecule has 1 aromatic rings. The van der Waals surface area contributed by atoms with E-state index >= 15 is 0 Å². The topological polar surface area (TPSA) is 38.1 Å². The molecule has 0 unspecified atom stereocenters. The summed E-state index contributed by atoms with van der Waals surface area (Å²) in [5, 5.41) is 3.25. The Labute approximate surface area is 83.6 Å². The third-order valence-corrected chi connectivity index (χ3v) is 1.96. The summed E-state index contributed by atoms with van der Waals surface area (Å²) in [6.07, 6.45) is 4.91. The van der Waals surface area contributed by atoms with Crippen LogP contribution in [0.4, 0.5) is 0 Å². The fourth-order valence-corrected chi connectivity index (χ4v) is 1.32. The summed E-state index contributed by atoms with van der Waals surface area (Å²) >= 11 is 0. The SMILES string of the molecule is Cc1cnc(C2=CCNCC2)o1.Cl. The van der Waals surface area contributed by atoms with Crippen molar-refractivity contribution < 1.29 is 4.42 Å². The number of hydrogen-bond donors (Lipinski definition) is 1. The zero-order valence-electron chi connectivity index (χ0n) is 7.54. The van der Waals surface area contributed by atoms with Crippen molar-refractivity contribution in [3.63, 3.8) is 0 Å². The highest BCUT2D eigenvalue weighted by atomic mass is 35.5. The fourth-order valence-electron chi connectivity index (χ4n) is 1.32. The minimum Gasteiger partial charge on any atom is -0.442 e. The van der Waals surface area contributed by atoms with Crippen LogP contribution in [0.5, 0.6) is 0 Å². The molecule has 4 heteroatoms. The Morgan fingerprint density at radius 2 is 2.38 bits per heavy atom. The van der Waals surface area contributed by atoms with Crippen LogP contribution in [0.25, 0.3) is 5.57 Å². The van der Waals surface area contributed by atoms with Crippen molar-refractivity contribution in [3.8, 4) is 0 Å². The Morgan fingerprint density at radius 1 is 1.54 bits per heavy atom. The second-order valence-corrected chi connectivity index (χ2v) is 2.96. The monoisotopic (exact) mass is 200 g/mol. The predicted molar refractivity (Wildman–Crippen MR) is 54.0 cm³/mol. The molecule has 0 amide bonds. The molecule has 1 N–H and O–H groups in total. The van der Waals surface area contributed by atoms with Gasteiger partial charge in [-0.15, -0.1) is 12.4 Å². The standard InChI is InChI=1S/C9H12N2O.ClH/c1-7-6-11-9(12-7)8-2-4-10-5-3-8;/h2,6,10H,3-5H2,1H3;1H. The van der Waals surface area contributed by atoms with E-state index in [1.807, 2.05) is 6.92 Å². The minimum absolute atomic E-state index is 0. The average molecular weight is 201 g/mol. The molecule has 72 valence electrons. The predicted octanol–water partition coefficient (Wildman–Crippen LogP) is 1.78. The summed E-state index contributed by atoms with van der Waals surface area (Å²) in [6.45, 7) is 3.86. The lowest BCUT2D eigenvalue weighted by molar-refractivity contribution is 0.507. The second-order valence-electron chi connectivity index (χ2n) is 2.96. The Kier molecular flexibility index (Phi) is 3.51. The van der Waals surface area contributed by atoms with Gasteiger partial charge in [-0.05, 0) is 19.9 Å². The Morgan fingerprint density at radius 3 is 2.92 bits per heavy atom. The summed E-state index contributed by atoms with van der Waals surface area (Å²) in [4.78, 5) is 4.18. The van der Waals surface area contributed by atoms with E-state index in [1.54, 1.807) is 6.20 Å². The molecule has 1 aromatic heterocycles. The van der Waals surface area contributed by atoms with Gasteiger partial charge in [-0.3, -0.25) is 0 Å². The summed E-state index contributed by atoms with van der Waals surface area (Å²) in [6, 6.07) is 0. The Hall–Kier alpha value is -0.800. The first-order valence-corrected chi connectivity index (χ1v) is 4.19. The van der Waals surface area contributed by atoms with Gasteiger partial charge in [-0.2, -0.15) is 0 Å². The van der Waals surface area contributed by atoms with E-state index in [-0.39, 0.29) is 12.4 Å². The molecule has 0 fully saturated rings. The van der Waals surface area contributed by atoms with Gasteiger partial charge < -0.3 is 9.73 Å².